The summed E-state index contributed by atoms with van der Waals surface area (Å²) in [6.07, 6.45) is 10.4. The van der Waals surface area contributed by atoms with Crippen LogP contribution in [-0.4, -0.2) is 11.5 Å². The molecule has 0 fully saturated rings. The van der Waals surface area contributed by atoms with E-state index in [0.717, 1.165) is 18.5 Å². The lowest BCUT2D eigenvalue weighted by molar-refractivity contribution is 0.542. The monoisotopic (exact) mass is 222 g/mol. The van der Waals surface area contributed by atoms with Gasteiger partial charge in [-0.25, -0.2) is 0 Å². The Bertz CT molecular complexity index is 344. The summed E-state index contributed by atoms with van der Waals surface area (Å²) in [6, 6.07) is 2.04. The fraction of sp³-hybridized carbons (Fsp3) is 0.417. The van der Waals surface area contributed by atoms with Crippen LogP contribution in [0.5, 0.6) is 0 Å². The predicted octanol–water partition coefficient (Wildman–Crippen LogP) is 2.80. The molecule has 0 saturated heterocycles. The highest BCUT2D eigenvalue weighted by molar-refractivity contribution is 6.31. The lowest BCUT2D eigenvalue weighted by atomic mass is 10.1. The Balaban J connectivity index is 2.79. The van der Waals surface area contributed by atoms with Crippen LogP contribution in [-0.2, 0) is 0 Å². The highest BCUT2D eigenvalue weighted by Crippen LogP contribution is 2.23. The van der Waals surface area contributed by atoms with Crippen LogP contribution in [0.4, 0.5) is 0 Å². The Kier molecular flexibility index (Phi) is 5.17. The third-order valence-corrected chi connectivity index (χ3v) is 2.46. The van der Waals surface area contributed by atoms with Crippen molar-refractivity contribution in [3.05, 3.63) is 29.0 Å². The Labute approximate surface area is 96.1 Å². The molecule has 0 saturated carbocycles. The van der Waals surface area contributed by atoms with Gasteiger partial charge in [0.15, 0.2) is 0 Å². The molecule has 80 valence electrons. The van der Waals surface area contributed by atoms with Crippen molar-refractivity contribution in [1.29, 1.82) is 0 Å². The molecular weight excluding hydrogens is 208 g/mol. The molecule has 1 unspecified atom stereocenters. The van der Waals surface area contributed by atoms with Crippen LogP contribution in [0.3, 0.4) is 0 Å². The molecule has 0 spiro atoms. The molecule has 2 nitrogen and oxygen atoms in total. The number of aromatic nitrogens is 1. The number of terminal acetylenes is 1. The van der Waals surface area contributed by atoms with E-state index in [2.05, 4.69) is 23.1 Å². The van der Waals surface area contributed by atoms with Gasteiger partial charge < -0.3 is 5.32 Å². The minimum Gasteiger partial charge on any atom is -0.309 e. The van der Waals surface area contributed by atoms with Gasteiger partial charge in [0.25, 0.3) is 0 Å². The first kappa shape index (κ1) is 12.0. The smallest absolute Gasteiger partial charge is 0.0637 e. The number of nitrogens with one attached hydrogen (secondary N) is 1. The van der Waals surface area contributed by atoms with E-state index in [1.165, 1.54) is 0 Å². The third kappa shape index (κ3) is 3.54. The van der Waals surface area contributed by atoms with E-state index in [0.29, 0.717) is 11.4 Å². The summed E-state index contributed by atoms with van der Waals surface area (Å²) in [5.41, 5.74) is 1.03. The molecule has 0 aliphatic rings. The van der Waals surface area contributed by atoms with Gasteiger partial charge in [0.1, 0.15) is 0 Å². The molecule has 1 aromatic rings. The topological polar surface area (TPSA) is 24.9 Å². The highest BCUT2D eigenvalue weighted by atomic mass is 35.5. The van der Waals surface area contributed by atoms with Gasteiger partial charge in [0.2, 0.25) is 0 Å². The van der Waals surface area contributed by atoms with Crippen LogP contribution in [0.25, 0.3) is 0 Å². The van der Waals surface area contributed by atoms with Gasteiger partial charge >= 0.3 is 0 Å². The normalized spacial score (nSPS) is 12.1. The second-order valence-electron chi connectivity index (χ2n) is 3.31. The Morgan fingerprint density at radius 3 is 3.07 bits per heavy atom. The lowest BCUT2D eigenvalue weighted by Crippen LogP contribution is -2.22. The fourth-order valence-corrected chi connectivity index (χ4v) is 1.65. The molecule has 0 aliphatic heterocycles. The van der Waals surface area contributed by atoms with E-state index in [-0.39, 0.29) is 6.04 Å². The quantitative estimate of drug-likeness (QED) is 0.775. The van der Waals surface area contributed by atoms with E-state index in [4.69, 9.17) is 18.0 Å². The number of hydrogen-bond acceptors (Lipinski definition) is 2. The number of nitrogens with zero attached hydrogens (tertiary/aromatic N) is 1. The van der Waals surface area contributed by atoms with Gasteiger partial charge in [-0.2, -0.15) is 0 Å². The standard InChI is InChI=1S/C12H15ClN2/c1-3-5-12(15-7-4-2)10-6-8-14-9-11(10)13/h1,6,8-9,12,15H,4-5,7H2,2H3. The van der Waals surface area contributed by atoms with Crippen molar-refractivity contribution in [2.75, 3.05) is 6.54 Å². The zero-order chi connectivity index (χ0) is 11.1. The van der Waals surface area contributed by atoms with Gasteiger partial charge in [-0.15, -0.1) is 12.3 Å². The molecule has 0 bridgehead atoms. The first-order valence-corrected chi connectivity index (χ1v) is 5.43. The number of rotatable bonds is 5. The molecular formula is C12H15ClN2. The van der Waals surface area contributed by atoms with Crippen molar-refractivity contribution in [3.8, 4) is 12.3 Å². The van der Waals surface area contributed by atoms with Gasteiger partial charge in [-0.05, 0) is 24.6 Å². The summed E-state index contributed by atoms with van der Waals surface area (Å²) in [6.45, 7) is 3.05. The predicted molar refractivity (Wildman–Crippen MR) is 63.7 cm³/mol. The Morgan fingerprint density at radius 2 is 2.47 bits per heavy atom. The largest absolute Gasteiger partial charge is 0.309 e. The minimum absolute atomic E-state index is 0.130. The summed E-state index contributed by atoms with van der Waals surface area (Å²) in [4.78, 5) is 3.96. The first-order valence-electron chi connectivity index (χ1n) is 5.05. The van der Waals surface area contributed by atoms with Crippen molar-refractivity contribution in [1.82, 2.24) is 10.3 Å². The fourth-order valence-electron chi connectivity index (χ4n) is 1.40. The second-order valence-corrected chi connectivity index (χ2v) is 3.72. The van der Waals surface area contributed by atoms with Crippen molar-refractivity contribution in [3.63, 3.8) is 0 Å². The first-order chi connectivity index (χ1) is 7.29. The summed E-state index contributed by atoms with van der Waals surface area (Å²) in [5.74, 6) is 2.66. The molecule has 15 heavy (non-hydrogen) atoms. The maximum Gasteiger partial charge on any atom is 0.0637 e. The van der Waals surface area contributed by atoms with E-state index >= 15 is 0 Å². The summed E-state index contributed by atoms with van der Waals surface area (Å²) < 4.78 is 0. The van der Waals surface area contributed by atoms with Crippen LogP contribution in [0.1, 0.15) is 31.4 Å². The lowest BCUT2D eigenvalue weighted by Gasteiger charge is -2.17. The molecule has 0 radical (unpaired) electrons. The zero-order valence-corrected chi connectivity index (χ0v) is 9.59. The molecule has 1 N–H and O–H groups in total. The molecule has 0 amide bonds. The van der Waals surface area contributed by atoms with Gasteiger partial charge in [0, 0.05) is 24.9 Å². The van der Waals surface area contributed by atoms with Crippen molar-refractivity contribution in [2.24, 2.45) is 0 Å². The minimum atomic E-state index is 0.130. The molecule has 0 aromatic carbocycles. The molecule has 1 rings (SSSR count). The van der Waals surface area contributed by atoms with Crippen molar-refractivity contribution < 1.29 is 0 Å². The van der Waals surface area contributed by atoms with E-state index in [1.807, 2.05) is 6.07 Å². The van der Waals surface area contributed by atoms with Crippen LogP contribution in [0.2, 0.25) is 5.02 Å². The van der Waals surface area contributed by atoms with E-state index in [1.54, 1.807) is 12.4 Å². The van der Waals surface area contributed by atoms with E-state index in [9.17, 15) is 0 Å². The molecule has 3 heteroatoms. The molecule has 0 aliphatic carbocycles. The maximum atomic E-state index is 6.06. The number of pyridine rings is 1. The highest BCUT2D eigenvalue weighted by Gasteiger charge is 2.12. The number of halogens is 1. The number of hydrogen-bond donors (Lipinski definition) is 1. The van der Waals surface area contributed by atoms with Crippen LogP contribution in [0, 0.1) is 12.3 Å². The van der Waals surface area contributed by atoms with Gasteiger partial charge in [-0.1, -0.05) is 18.5 Å². The maximum absolute atomic E-state index is 6.06. The molecule has 1 atom stereocenters. The van der Waals surface area contributed by atoms with Gasteiger partial charge in [0.05, 0.1) is 5.02 Å². The Morgan fingerprint density at radius 1 is 1.67 bits per heavy atom. The molecule has 1 heterocycles. The van der Waals surface area contributed by atoms with Crippen LogP contribution in [0.15, 0.2) is 18.5 Å². The average Bonchev–Trinajstić information content (AvgIpc) is 2.25. The van der Waals surface area contributed by atoms with E-state index < -0.39 is 0 Å². The van der Waals surface area contributed by atoms with Crippen LogP contribution < -0.4 is 5.32 Å². The summed E-state index contributed by atoms with van der Waals surface area (Å²) in [7, 11) is 0. The SMILES string of the molecule is C#CCC(NCCC)c1ccncc1Cl. The van der Waals surface area contributed by atoms with Crippen LogP contribution >= 0.6 is 11.6 Å². The summed E-state index contributed by atoms with van der Waals surface area (Å²) in [5, 5.41) is 4.04. The average molecular weight is 223 g/mol. The second kappa shape index (κ2) is 6.44. The van der Waals surface area contributed by atoms with Crippen molar-refractivity contribution >= 4 is 11.6 Å². The van der Waals surface area contributed by atoms with Crippen molar-refractivity contribution in [2.45, 2.75) is 25.8 Å². The Hall–Kier alpha value is -1.04. The summed E-state index contributed by atoms with van der Waals surface area (Å²) >= 11 is 6.06. The zero-order valence-electron chi connectivity index (χ0n) is 8.83. The molecule has 1 aromatic heterocycles. The van der Waals surface area contributed by atoms with Gasteiger partial charge in [-0.3, -0.25) is 4.98 Å². The third-order valence-electron chi connectivity index (χ3n) is 2.14.